The van der Waals surface area contributed by atoms with Crippen molar-refractivity contribution in [3.8, 4) is 0 Å². The van der Waals surface area contributed by atoms with E-state index in [0.29, 0.717) is 10.6 Å². The summed E-state index contributed by atoms with van der Waals surface area (Å²) < 4.78 is 0. The van der Waals surface area contributed by atoms with Gasteiger partial charge in [-0.15, -0.1) is 0 Å². The van der Waals surface area contributed by atoms with Gasteiger partial charge in [0.15, 0.2) is 0 Å². The quantitative estimate of drug-likeness (QED) is 0.705. The van der Waals surface area contributed by atoms with Crippen molar-refractivity contribution in [2.75, 3.05) is 18.0 Å². The predicted octanol–water partition coefficient (Wildman–Crippen LogP) is 4.69. The van der Waals surface area contributed by atoms with Crippen molar-refractivity contribution < 1.29 is 0 Å². The molecule has 2 heterocycles. The zero-order chi connectivity index (χ0) is 15.8. The van der Waals surface area contributed by atoms with Gasteiger partial charge in [0.25, 0.3) is 0 Å². The smallest absolute Gasteiger partial charge is 0.137 e. The molecule has 0 unspecified atom stereocenters. The maximum absolute atomic E-state index is 6.20. The van der Waals surface area contributed by atoms with Crippen molar-refractivity contribution in [1.29, 1.82) is 0 Å². The van der Waals surface area contributed by atoms with E-state index in [9.17, 15) is 0 Å². The Bertz CT molecular complexity index is 492. The lowest BCUT2D eigenvalue weighted by atomic mass is 9.75. The molecule has 1 aliphatic heterocycles. The largest absolute Gasteiger partial charge is 0.356 e. The predicted molar refractivity (Wildman–Crippen MR) is 90.1 cm³/mol. The number of hydrogen-bond donors (Lipinski definition) is 0. The van der Waals surface area contributed by atoms with Gasteiger partial charge in [0.1, 0.15) is 16.8 Å². The molecule has 1 aliphatic rings. The highest BCUT2D eigenvalue weighted by atomic mass is 35.5. The molecule has 1 saturated heterocycles. The molecule has 0 atom stereocenters. The summed E-state index contributed by atoms with van der Waals surface area (Å²) in [6.45, 7) is 15.5. The molecule has 118 valence electrons. The van der Waals surface area contributed by atoms with Gasteiger partial charge in [-0.05, 0) is 24.2 Å². The fourth-order valence-electron chi connectivity index (χ4n) is 2.88. The van der Waals surface area contributed by atoms with Gasteiger partial charge in [0.2, 0.25) is 0 Å². The molecule has 0 amide bonds. The molecule has 0 saturated carbocycles. The highest BCUT2D eigenvalue weighted by Crippen LogP contribution is 2.35. The van der Waals surface area contributed by atoms with Crippen molar-refractivity contribution in [2.24, 2.45) is 11.3 Å². The topological polar surface area (TPSA) is 29.0 Å². The van der Waals surface area contributed by atoms with Crippen molar-refractivity contribution in [2.45, 2.75) is 59.8 Å². The fraction of sp³-hybridized carbons (Fsp3) is 0.765. The molecule has 1 fully saturated rings. The molecule has 0 radical (unpaired) electrons. The summed E-state index contributed by atoms with van der Waals surface area (Å²) >= 11 is 6.20. The second-order valence-electron chi connectivity index (χ2n) is 8.25. The van der Waals surface area contributed by atoms with E-state index in [2.05, 4.69) is 51.4 Å². The Kier molecular flexibility index (Phi) is 4.53. The molecule has 1 aromatic heterocycles. The summed E-state index contributed by atoms with van der Waals surface area (Å²) in [6, 6.07) is 1.90. The minimum atomic E-state index is -0.0800. The molecule has 0 spiro atoms. The van der Waals surface area contributed by atoms with Crippen LogP contribution in [0.3, 0.4) is 0 Å². The summed E-state index contributed by atoms with van der Waals surface area (Å²) in [6.07, 6.45) is 2.44. The highest BCUT2D eigenvalue weighted by Gasteiger charge is 2.30. The molecule has 0 bridgehead atoms. The minimum Gasteiger partial charge on any atom is -0.356 e. The molecule has 2 rings (SSSR count). The van der Waals surface area contributed by atoms with Gasteiger partial charge in [-0.2, -0.15) is 0 Å². The Hall–Kier alpha value is -0.830. The maximum Gasteiger partial charge on any atom is 0.137 e. The lowest BCUT2D eigenvalue weighted by molar-refractivity contribution is 0.198. The van der Waals surface area contributed by atoms with Crippen LogP contribution in [0.5, 0.6) is 0 Å². The molecule has 0 aliphatic carbocycles. The SMILES string of the molecule is CC(C)(C)c1nc(Cl)cc(N2CCC(C(C)(C)C)CC2)n1. The number of hydrogen-bond acceptors (Lipinski definition) is 3. The van der Waals surface area contributed by atoms with Crippen LogP contribution in [-0.2, 0) is 5.41 Å². The van der Waals surface area contributed by atoms with Crippen LogP contribution in [-0.4, -0.2) is 23.1 Å². The first-order valence-corrected chi connectivity index (χ1v) is 8.25. The minimum absolute atomic E-state index is 0.0800. The lowest BCUT2D eigenvalue weighted by Crippen LogP contribution is -2.38. The van der Waals surface area contributed by atoms with E-state index in [1.165, 1.54) is 12.8 Å². The average molecular weight is 310 g/mol. The van der Waals surface area contributed by atoms with Crippen molar-refractivity contribution in [1.82, 2.24) is 9.97 Å². The molecule has 4 heteroatoms. The van der Waals surface area contributed by atoms with Gasteiger partial charge in [0.05, 0.1) is 0 Å². The van der Waals surface area contributed by atoms with Crippen LogP contribution in [0.25, 0.3) is 0 Å². The molecule has 1 aromatic rings. The Labute approximate surface area is 134 Å². The molecule has 0 aromatic carbocycles. The first-order chi connectivity index (χ1) is 9.57. The van der Waals surface area contributed by atoms with Crippen LogP contribution in [0, 0.1) is 11.3 Å². The van der Waals surface area contributed by atoms with Gasteiger partial charge < -0.3 is 4.90 Å². The molecular weight excluding hydrogens is 282 g/mol. The maximum atomic E-state index is 6.20. The Balaban J connectivity index is 2.16. The van der Waals surface area contributed by atoms with Crippen LogP contribution >= 0.6 is 11.6 Å². The van der Waals surface area contributed by atoms with Crippen LogP contribution in [0.15, 0.2) is 6.07 Å². The third-order valence-corrected chi connectivity index (χ3v) is 4.59. The van der Waals surface area contributed by atoms with E-state index in [-0.39, 0.29) is 5.41 Å². The van der Waals surface area contributed by atoms with E-state index in [4.69, 9.17) is 16.6 Å². The van der Waals surface area contributed by atoms with E-state index >= 15 is 0 Å². The van der Waals surface area contributed by atoms with E-state index in [1.54, 1.807) is 0 Å². The van der Waals surface area contributed by atoms with Crippen molar-refractivity contribution in [3.63, 3.8) is 0 Å². The zero-order valence-electron chi connectivity index (χ0n) is 14.2. The Morgan fingerprint density at radius 2 is 1.62 bits per heavy atom. The normalized spacial score (nSPS) is 18.1. The zero-order valence-corrected chi connectivity index (χ0v) is 15.0. The molecule has 3 nitrogen and oxygen atoms in total. The first-order valence-electron chi connectivity index (χ1n) is 7.87. The monoisotopic (exact) mass is 309 g/mol. The average Bonchev–Trinajstić information content (AvgIpc) is 2.36. The highest BCUT2D eigenvalue weighted by molar-refractivity contribution is 6.29. The number of nitrogens with zero attached hydrogens (tertiary/aromatic N) is 3. The van der Waals surface area contributed by atoms with Crippen LogP contribution in [0.1, 0.15) is 60.2 Å². The number of piperidine rings is 1. The Morgan fingerprint density at radius 3 is 2.10 bits per heavy atom. The second kappa shape index (κ2) is 5.75. The summed E-state index contributed by atoms with van der Waals surface area (Å²) in [5.74, 6) is 2.59. The van der Waals surface area contributed by atoms with Gasteiger partial charge in [0, 0.05) is 24.6 Å². The van der Waals surface area contributed by atoms with Crippen molar-refractivity contribution in [3.05, 3.63) is 17.0 Å². The summed E-state index contributed by atoms with van der Waals surface area (Å²) in [7, 11) is 0. The van der Waals surface area contributed by atoms with E-state index < -0.39 is 0 Å². The second-order valence-corrected chi connectivity index (χ2v) is 8.64. The van der Waals surface area contributed by atoms with Gasteiger partial charge in [-0.25, -0.2) is 9.97 Å². The van der Waals surface area contributed by atoms with Crippen LogP contribution in [0.2, 0.25) is 5.15 Å². The lowest BCUT2D eigenvalue weighted by Gasteiger charge is -2.39. The number of aromatic nitrogens is 2. The van der Waals surface area contributed by atoms with Gasteiger partial charge >= 0.3 is 0 Å². The van der Waals surface area contributed by atoms with E-state index in [0.717, 1.165) is 30.6 Å². The first kappa shape index (κ1) is 16.5. The summed E-state index contributed by atoms with van der Waals surface area (Å²) in [5.41, 5.74) is 0.315. The summed E-state index contributed by atoms with van der Waals surface area (Å²) in [4.78, 5) is 11.5. The Morgan fingerprint density at radius 1 is 1.05 bits per heavy atom. The molecular formula is C17H28ClN3. The van der Waals surface area contributed by atoms with Crippen molar-refractivity contribution >= 4 is 17.4 Å². The summed E-state index contributed by atoms with van der Waals surface area (Å²) in [5, 5.41) is 0.544. The fourth-order valence-corrected chi connectivity index (χ4v) is 3.06. The van der Waals surface area contributed by atoms with Crippen LogP contribution < -0.4 is 4.90 Å². The number of anilines is 1. The van der Waals surface area contributed by atoms with Crippen LogP contribution in [0.4, 0.5) is 5.82 Å². The van der Waals surface area contributed by atoms with Gasteiger partial charge in [-0.3, -0.25) is 0 Å². The standard InChI is InChI=1S/C17H28ClN3/c1-16(2,3)12-7-9-21(10-8-12)14-11-13(18)19-15(20-14)17(4,5)6/h11-12H,7-10H2,1-6H3. The number of halogens is 1. The van der Waals surface area contributed by atoms with Gasteiger partial charge in [-0.1, -0.05) is 53.1 Å². The van der Waals surface area contributed by atoms with E-state index in [1.807, 2.05) is 6.07 Å². The molecule has 21 heavy (non-hydrogen) atoms. The number of rotatable bonds is 1. The third-order valence-electron chi connectivity index (χ3n) is 4.40. The molecule has 0 N–H and O–H groups in total. The third kappa shape index (κ3) is 4.09.